The number of hydrogen-bond acceptors (Lipinski definition) is 6. The number of benzene rings is 3. The molecule has 0 saturated carbocycles. The quantitative estimate of drug-likeness (QED) is 0.0627. The smallest absolute Gasteiger partial charge is 0.243 e. The molecule has 238 valence electrons. The maximum Gasteiger partial charge on any atom is 0.243 e. The molecule has 11 N–H and O–H groups in total. The lowest BCUT2D eigenvalue weighted by Crippen LogP contribution is -2.58. The maximum absolute atomic E-state index is 13.7. The molecule has 3 aromatic carbocycles. The number of carbonyl (C=O) groups excluding carboxylic acids is 4. The van der Waals surface area contributed by atoms with Crippen LogP contribution in [-0.4, -0.2) is 60.3 Å². The Morgan fingerprint density at radius 2 is 1.00 bits per heavy atom. The molecule has 0 radical (unpaired) electrons. The number of carbonyl (C=O) groups is 4. The minimum absolute atomic E-state index is 0.103. The van der Waals surface area contributed by atoms with Gasteiger partial charge in [-0.2, -0.15) is 0 Å². The molecule has 4 atom stereocenters. The Morgan fingerprint density at radius 3 is 1.49 bits per heavy atom. The fourth-order valence-electron chi connectivity index (χ4n) is 4.69. The van der Waals surface area contributed by atoms with Gasteiger partial charge in [-0.1, -0.05) is 91.0 Å². The summed E-state index contributed by atoms with van der Waals surface area (Å²) in [5, 5.41) is 8.20. The van der Waals surface area contributed by atoms with Gasteiger partial charge in [0.1, 0.15) is 18.1 Å². The Balaban J connectivity index is 1.78. The van der Waals surface area contributed by atoms with Crippen molar-refractivity contribution in [3.63, 3.8) is 0 Å². The highest BCUT2D eigenvalue weighted by molar-refractivity contribution is 5.94. The van der Waals surface area contributed by atoms with Gasteiger partial charge in [0.05, 0.1) is 6.04 Å². The molecule has 0 heterocycles. The van der Waals surface area contributed by atoms with Crippen LogP contribution in [0.25, 0.3) is 0 Å². The second-order valence-electron chi connectivity index (χ2n) is 10.7. The summed E-state index contributed by atoms with van der Waals surface area (Å²) in [4.78, 5) is 56.6. The van der Waals surface area contributed by atoms with Crippen LogP contribution in [0.3, 0.4) is 0 Å². The molecule has 12 heteroatoms. The number of hydrogen-bond donors (Lipinski definition) is 7. The van der Waals surface area contributed by atoms with Gasteiger partial charge in [-0.3, -0.25) is 24.2 Å². The van der Waals surface area contributed by atoms with Crippen LogP contribution in [-0.2, 0) is 38.4 Å². The van der Waals surface area contributed by atoms with E-state index in [2.05, 4.69) is 20.9 Å². The molecular formula is C33H42N8O4. The third-order valence-electron chi connectivity index (χ3n) is 7.07. The van der Waals surface area contributed by atoms with Gasteiger partial charge in [-0.05, 0) is 36.0 Å². The Kier molecular flexibility index (Phi) is 13.5. The molecule has 3 rings (SSSR count). The molecule has 12 nitrogen and oxygen atoms in total. The monoisotopic (exact) mass is 614 g/mol. The molecule has 0 unspecified atom stereocenters. The number of amides is 4. The molecule has 45 heavy (non-hydrogen) atoms. The van der Waals surface area contributed by atoms with Crippen LogP contribution in [0, 0.1) is 0 Å². The Bertz CT molecular complexity index is 1420. The summed E-state index contributed by atoms with van der Waals surface area (Å²) in [6, 6.07) is 23.5. The van der Waals surface area contributed by atoms with Crippen LogP contribution in [0.2, 0.25) is 0 Å². The largest absolute Gasteiger partial charge is 0.370 e. The molecule has 4 amide bonds. The lowest BCUT2D eigenvalue weighted by Gasteiger charge is -2.25. The van der Waals surface area contributed by atoms with Gasteiger partial charge < -0.3 is 38.9 Å². The molecule has 3 aromatic rings. The second-order valence-corrected chi connectivity index (χ2v) is 10.7. The van der Waals surface area contributed by atoms with E-state index in [1.54, 1.807) is 0 Å². The van der Waals surface area contributed by atoms with Crippen molar-refractivity contribution in [2.24, 2.45) is 27.9 Å². The highest BCUT2D eigenvalue weighted by atomic mass is 16.2. The van der Waals surface area contributed by atoms with E-state index in [4.69, 9.17) is 22.9 Å². The van der Waals surface area contributed by atoms with Gasteiger partial charge >= 0.3 is 0 Å². The number of nitrogens with one attached hydrogen (secondary N) is 3. The van der Waals surface area contributed by atoms with Gasteiger partial charge in [0, 0.05) is 19.4 Å². The van der Waals surface area contributed by atoms with Crippen molar-refractivity contribution in [2.45, 2.75) is 56.3 Å². The van der Waals surface area contributed by atoms with Crippen molar-refractivity contribution in [1.82, 2.24) is 16.0 Å². The zero-order chi connectivity index (χ0) is 32.6. The summed E-state index contributed by atoms with van der Waals surface area (Å²) in [7, 11) is 0. The van der Waals surface area contributed by atoms with Gasteiger partial charge in [0.2, 0.25) is 23.6 Å². The summed E-state index contributed by atoms with van der Waals surface area (Å²) < 4.78 is 0. The fraction of sp³-hybridized carbons (Fsp3) is 0.303. The molecule has 0 aliphatic heterocycles. The number of aliphatic imine (C=N–C) groups is 1. The van der Waals surface area contributed by atoms with Gasteiger partial charge in [0.25, 0.3) is 0 Å². The summed E-state index contributed by atoms with van der Waals surface area (Å²) >= 11 is 0. The van der Waals surface area contributed by atoms with E-state index in [9.17, 15) is 19.2 Å². The normalized spacial score (nSPS) is 13.4. The standard InChI is InChI=1S/C33H42N8O4/c34-25(19-22-11-4-1-5-12-22)30(43)41-28(21-24-15-8-3-9-16-24)32(45)39-26(17-10-18-38-33(36)37)31(44)40-27(29(35)42)20-23-13-6-2-7-14-23/h1-9,11-16,25-28H,10,17-21,34H2,(H2,35,42)(H,39,45)(H,40,44)(H,41,43)(H4,36,37,38)/t25-,26-,27-,28-/m0/s1. The lowest BCUT2D eigenvalue weighted by molar-refractivity contribution is -0.133. The minimum Gasteiger partial charge on any atom is -0.370 e. The van der Waals surface area contributed by atoms with E-state index in [0.29, 0.717) is 6.42 Å². The number of nitrogens with two attached hydrogens (primary N) is 4. The molecule has 0 saturated heterocycles. The summed E-state index contributed by atoms with van der Waals surface area (Å²) in [6.07, 6.45) is 1.08. The van der Waals surface area contributed by atoms with Crippen LogP contribution in [0.1, 0.15) is 29.5 Å². The van der Waals surface area contributed by atoms with E-state index in [0.717, 1.165) is 16.7 Å². The predicted octanol–water partition coefficient (Wildman–Crippen LogP) is 0.0351. The van der Waals surface area contributed by atoms with Gasteiger partial charge in [0.15, 0.2) is 5.96 Å². The van der Waals surface area contributed by atoms with Crippen LogP contribution >= 0.6 is 0 Å². The van der Waals surface area contributed by atoms with Crippen molar-refractivity contribution in [3.05, 3.63) is 108 Å². The average Bonchev–Trinajstić information content (AvgIpc) is 3.03. The zero-order valence-electron chi connectivity index (χ0n) is 25.1. The van der Waals surface area contributed by atoms with Crippen molar-refractivity contribution in [3.8, 4) is 0 Å². The van der Waals surface area contributed by atoms with E-state index in [-0.39, 0.29) is 38.2 Å². The molecule has 0 fully saturated rings. The molecule has 0 aliphatic rings. The number of rotatable bonds is 17. The fourth-order valence-corrected chi connectivity index (χ4v) is 4.69. The first-order valence-corrected chi connectivity index (χ1v) is 14.8. The first kappa shape index (κ1) is 34.3. The number of primary amides is 1. The molecule has 0 aliphatic carbocycles. The van der Waals surface area contributed by atoms with Gasteiger partial charge in [-0.15, -0.1) is 0 Å². The first-order valence-electron chi connectivity index (χ1n) is 14.8. The van der Waals surface area contributed by atoms with Crippen LogP contribution in [0.4, 0.5) is 0 Å². The average molecular weight is 615 g/mol. The third kappa shape index (κ3) is 12.1. The Morgan fingerprint density at radius 1 is 0.578 bits per heavy atom. The third-order valence-corrected chi connectivity index (χ3v) is 7.07. The number of nitrogens with zero attached hydrogens (tertiary/aromatic N) is 1. The summed E-state index contributed by atoms with van der Waals surface area (Å²) in [5.41, 5.74) is 25.2. The van der Waals surface area contributed by atoms with Crippen molar-refractivity contribution < 1.29 is 19.2 Å². The van der Waals surface area contributed by atoms with Crippen molar-refractivity contribution in [1.29, 1.82) is 0 Å². The predicted molar refractivity (Wildman–Crippen MR) is 173 cm³/mol. The zero-order valence-corrected chi connectivity index (χ0v) is 25.1. The van der Waals surface area contributed by atoms with E-state index in [1.165, 1.54) is 0 Å². The van der Waals surface area contributed by atoms with Crippen LogP contribution in [0.5, 0.6) is 0 Å². The Labute approximate surface area is 263 Å². The van der Waals surface area contributed by atoms with Crippen molar-refractivity contribution >= 4 is 29.6 Å². The highest BCUT2D eigenvalue weighted by Gasteiger charge is 2.30. The summed E-state index contributed by atoms with van der Waals surface area (Å²) in [5.74, 6) is -2.55. The van der Waals surface area contributed by atoms with E-state index >= 15 is 0 Å². The lowest BCUT2D eigenvalue weighted by atomic mass is 10.0. The van der Waals surface area contributed by atoms with Crippen LogP contribution in [0.15, 0.2) is 96.0 Å². The minimum atomic E-state index is -1.09. The second kappa shape index (κ2) is 17.8. The Hall–Kier alpha value is -5.23. The van der Waals surface area contributed by atoms with Crippen LogP contribution < -0.4 is 38.9 Å². The molecular weight excluding hydrogens is 572 g/mol. The van der Waals surface area contributed by atoms with E-state index < -0.39 is 47.8 Å². The topological polar surface area (TPSA) is 221 Å². The van der Waals surface area contributed by atoms with Gasteiger partial charge in [-0.25, -0.2) is 0 Å². The number of guanidine groups is 1. The highest BCUT2D eigenvalue weighted by Crippen LogP contribution is 2.09. The van der Waals surface area contributed by atoms with E-state index in [1.807, 2.05) is 91.0 Å². The maximum atomic E-state index is 13.7. The SMILES string of the molecule is NC(=O)[C@H](Cc1ccccc1)NC(=O)[C@H](CCCN=C(N)N)NC(=O)[C@H](Cc1ccccc1)NC(=O)[C@@H](N)Cc1ccccc1. The molecule has 0 aromatic heterocycles. The van der Waals surface area contributed by atoms with Crippen molar-refractivity contribution in [2.75, 3.05) is 6.54 Å². The first-order chi connectivity index (χ1) is 21.6. The summed E-state index contributed by atoms with van der Waals surface area (Å²) in [6.45, 7) is 0.212. The molecule has 0 spiro atoms. The molecule has 0 bridgehead atoms.